The molecule has 1 aliphatic heterocycles. The van der Waals surface area contributed by atoms with E-state index in [1.807, 2.05) is 12.1 Å². The van der Waals surface area contributed by atoms with Gasteiger partial charge in [0.2, 0.25) is 0 Å². The molecule has 0 spiro atoms. The molecule has 0 unspecified atom stereocenters. The number of hydrogen-bond donors (Lipinski definition) is 2. The van der Waals surface area contributed by atoms with E-state index >= 15 is 0 Å². The molecule has 1 saturated heterocycles. The van der Waals surface area contributed by atoms with E-state index in [9.17, 15) is 4.79 Å². The number of thiocarbonyl (C=S) groups is 1. The number of nitrogens with one attached hydrogen (secondary N) is 2. The zero-order valence-corrected chi connectivity index (χ0v) is 17.7. The van der Waals surface area contributed by atoms with Crippen LogP contribution in [-0.2, 0) is 4.74 Å². The summed E-state index contributed by atoms with van der Waals surface area (Å²) in [6.07, 6.45) is 0. The zero-order valence-electron chi connectivity index (χ0n) is 16.2. The second-order valence-electron chi connectivity index (χ2n) is 6.27. The maximum Gasteiger partial charge on any atom is 0.257 e. The van der Waals surface area contributed by atoms with Gasteiger partial charge in [0.15, 0.2) is 5.11 Å². The summed E-state index contributed by atoms with van der Waals surface area (Å²) in [5.74, 6) is 0.644. The van der Waals surface area contributed by atoms with Gasteiger partial charge in [0.05, 0.1) is 38.8 Å². The van der Waals surface area contributed by atoms with E-state index in [0.29, 0.717) is 41.0 Å². The fourth-order valence-electron chi connectivity index (χ4n) is 2.96. The minimum atomic E-state index is -0.380. The lowest BCUT2D eigenvalue weighted by atomic mass is 10.2. The highest BCUT2D eigenvalue weighted by molar-refractivity contribution is 7.80. The van der Waals surface area contributed by atoms with Crippen LogP contribution in [0.1, 0.15) is 10.4 Å². The van der Waals surface area contributed by atoms with Gasteiger partial charge in [-0.3, -0.25) is 10.1 Å². The Labute approximate surface area is 179 Å². The van der Waals surface area contributed by atoms with E-state index in [1.165, 1.54) is 14.2 Å². The van der Waals surface area contributed by atoms with Gasteiger partial charge in [0, 0.05) is 29.7 Å². The standard InChI is InChI=1S/C20H22ClN3O4S/c1-26-15-9-13(10-16(12-15)27-2)19(25)23-20(29)22-17-11-14(21)3-4-18(17)24-5-7-28-8-6-24/h3-4,9-12H,5-8H2,1-2H3,(H2,22,23,25,29). The first-order chi connectivity index (χ1) is 14.0. The van der Waals surface area contributed by atoms with Gasteiger partial charge in [-0.15, -0.1) is 0 Å². The van der Waals surface area contributed by atoms with Gasteiger partial charge >= 0.3 is 0 Å². The number of rotatable bonds is 5. The van der Waals surface area contributed by atoms with Gasteiger partial charge in [0.1, 0.15) is 11.5 Å². The van der Waals surface area contributed by atoms with Crippen molar-refractivity contribution in [3.05, 3.63) is 47.0 Å². The number of ether oxygens (including phenoxy) is 3. The number of halogens is 1. The summed E-state index contributed by atoms with van der Waals surface area (Å²) in [6.45, 7) is 2.83. The van der Waals surface area contributed by atoms with Crippen molar-refractivity contribution in [3.63, 3.8) is 0 Å². The molecule has 7 nitrogen and oxygen atoms in total. The van der Waals surface area contributed by atoms with E-state index < -0.39 is 0 Å². The van der Waals surface area contributed by atoms with E-state index in [2.05, 4.69) is 15.5 Å². The molecule has 0 radical (unpaired) electrons. The van der Waals surface area contributed by atoms with Crippen molar-refractivity contribution in [1.82, 2.24) is 5.32 Å². The van der Waals surface area contributed by atoms with Crippen LogP contribution in [0.4, 0.5) is 11.4 Å². The Kier molecular flexibility index (Phi) is 7.13. The van der Waals surface area contributed by atoms with E-state index in [0.717, 1.165) is 18.8 Å². The normalized spacial score (nSPS) is 13.6. The van der Waals surface area contributed by atoms with Gasteiger partial charge in [-0.1, -0.05) is 11.6 Å². The predicted molar refractivity (Wildman–Crippen MR) is 118 cm³/mol. The van der Waals surface area contributed by atoms with Crippen LogP contribution in [0, 0.1) is 0 Å². The molecule has 0 aliphatic carbocycles. The largest absolute Gasteiger partial charge is 0.497 e. The number of amides is 1. The first-order valence-electron chi connectivity index (χ1n) is 8.98. The van der Waals surface area contributed by atoms with Crippen molar-refractivity contribution in [2.24, 2.45) is 0 Å². The number of hydrogen-bond acceptors (Lipinski definition) is 6. The smallest absolute Gasteiger partial charge is 0.257 e. The minimum absolute atomic E-state index is 0.161. The number of methoxy groups -OCH3 is 2. The highest BCUT2D eigenvalue weighted by Crippen LogP contribution is 2.30. The van der Waals surface area contributed by atoms with Crippen molar-refractivity contribution in [1.29, 1.82) is 0 Å². The number of carbonyl (C=O) groups is 1. The highest BCUT2D eigenvalue weighted by atomic mass is 35.5. The zero-order chi connectivity index (χ0) is 20.8. The molecule has 3 rings (SSSR count). The summed E-state index contributed by atoms with van der Waals surface area (Å²) >= 11 is 11.5. The molecule has 154 valence electrons. The van der Waals surface area contributed by atoms with Crippen LogP contribution in [0.2, 0.25) is 5.02 Å². The van der Waals surface area contributed by atoms with Gasteiger partial charge < -0.3 is 24.4 Å². The van der Waals surface area contributed by atoms with Gasteiger partial charge in [-0.2, -0.15) is 0 Å². The van der Waals surface area contributed by atoms with Crippen LogP contribution < -0.4 is 25.0 Å². The Bertz CT molecular complexity index is 881. The quantitative estimate of drug-likeness (QED) is 0.698. The van der Waals surface area contributed by atoms with Gasteiger partial charge in [0.25, 0.3) is 5.91 Å². The van der Waals surface area contributed by atoms with Crippen molar-refractivity contribution in [3.8, 4) is 11.5 Å². The Morgan fingerprint density at radius 2 is 1.76 bits per heavy atom. The first kappa shape index (κ1) is 21.2. The van der Waals surface area contributed by atoms with Crippen LogP contribution >= 0.6 is 23.8 Å². The van der Waals surface area contributed by atoms with Crippen LogP contribution in [-0.4, -0.2) is 51.5 Å². The Morgan fingerprint density at radius 3 is 2.38 bits per heavy atom. The topological polar surface area (TPSA) is 72.1 Å². The lowest BCUT2D eigenvalue weighted by molar-refractivity contribution is 0.0977. The van der Waals surface area contributed by atoms with Crippen LogP contribution in [0.15, 0.2) is 36.4 Å². The fraction of sp³-hybridized carbons (Fsp3) is 0.300. The summed E-state index contributed by atoms with van der Waals surface area (Å²) in [7, 11) is 3.05. The maximum absolute atomic E-state index is 12.6. The molecule has 29 heavy (non-hydrogen) atoms. The molecule has 0 atom stereocenters. The molecule has 2 aromatic carbocycles. The third kappa shape index (κ3) is 5.50. The van der Waals surface area contributed by atoms with Crippen molar-refractivity contribution >= 4 is 46.2 Å². The lowest BCUT2D eigenvalue weighted by Gasteiger charge is -2.30. The van der Waals surface area contributed by atoms with Crippen molar-refractivity contribution in [2.45, 2.75) is 0 Å². The molecular formula is C20H22ClN3O4S. The Hall–Kier alpha value is -2.55. The molecule has 0 aromatic heterocycles. The molecule has 0 saturated carbocycles. The highest BCUT2D eigenvalue weighted by Gasteiger charge is 2.17. The molecular weight excluding hydrogens is 414 g/mol. The molecule has 2 N–H and O–H groups in total. The molecule has 1 amide bonds. The summed E-state index contributed by atoms with van der Waals surface area (Å²) in [5.41, 5.74) is 2.02. The van der Waals surface area contributed by atoms with E-state index in [1.54, 1.807) is 24.3 Å². The average Bonchev–Trinajstić information content (AvgIpc) is 2.74. The number of nitrogens with zero attached hydrogens (tertiary/aromatic N) is 1. The van der Waals surface area contributed by atoms with Crippen molar-refractivity contribution < 1.29 is 19.0 Å². The second kappa shape index (κ2) is 9.78. The maximum atomic E-state index is 12.6. The van der Waals surface area contributed by atoms with Crippen LogP contribution in [0.5, 0.6) is 11.5 Å². The summed E-state index contributed by atoms with van der Waals surface area (Å²) in [4.78, 5) is 14.8. The second-order valence-corrected chi connectivity index (χ2v) is 7.12. The Morgan fingerprint density at radius 1 is 1.10 bits per heavy atom. The minimum Gasteiger partial charge on any atom is -0.497 e. The fourth-order valence-corrected chi connectivity index (χ4v) is 3.33. The monoisotopic (exact) mass is 435 g/mol. The molecule has 1 heterocycles. The number of morpholine rings is 1. The molecule has 1 fully saturated rings. The van der Waals surface area contributed by atoms with Gasteiger partial charge in [-0.25, -0.2) is 0 Å². The SMILES string of the molecule is COc1cc(OC)cc(C(=O)NC(=S)Nc2cc(Cl)ccc2N2CCOCC2)c1. The van der Waals surface area contributed by atoms with Crippen LogP contribution in [0.3, 0.4) is 0 Å². The summed E-state index contributed by atoms with van der Waals surface area (Å²) in [6, 6.07) is 10.4. The average molecular weight is 436 g/mol. The first-order valence-corrected chi connectivity index (χ1v) is 9.76. The lowest BCUT2D eigenvalue weighted by Crippen LogP contribution is -2.38. The number of anilines is 2. The van der Waals surface area contributed by atoms with E-state index in [4.69, 9.17) is 38.0 Å². The van der Waals surface area contributed by atoms with Crippen molar-refractivity contribution in [2.75, 3.05) is 50.7 Å². The Balaban J connectivity index is 1.74. The van der Waals surface area contributed by atoms with Crippen LogP contribution in [0.25, 0.3) is 0 Å². The molecule has 2 aromatic rings. The third-order valence-electron chi connectivity index (χ3n) is 4.40. The molecule has 0 bridgehead atoms. The third-order valence-corrected chi connectivity index (χ3v) is 4.84. The number of carbonyl (C=O) groups excluding carboxylic acids is 1. The summed E-state index contributed by atoms with van der Waals surface area (Å²) < 4.78 is 15.8. The molecule has 1 aliphatic rings. The van der Waals surface area contributed by atoms with Gasteiger partial charge in [-0.05, 0) is 42.5 Å². The predicted octanol–water partition coefficient (Wildman–Crippen LogP) is 3.32. The molecule has 9 heteroatoms. The summed E-state index contributed by atoms with van der Waals surface area (Å²) in [5, 5.41) is 6.48. The number of benzene rings is 2. The van der Waals surface area contributed by atoms with E-state index in [-0.39, 0.29) is 11.0 Å².